The molecule has 1 saturated carbocycles. The number of carbonyl (C=O) groups excluding carboxylic acids is 1. The van der Waals surface area contributed by atoms with E-state index >= 15 is 0 Å². The lowest BCUT2D eigenvalue weighted by Crippen LogP contribution is -2.32. The SMILES string of the molecule is CCNc1nn2c(CC(=O)N(C)CCC(C)C3CCC3)cc(C)nc2c1S(=O)(=O)c1ccccc1. The van der Waals surface area contributed by atoms with Crippen LogP contribution in [0.2, 0.25) is 0 Å². The predicted molar refractivity (Wildman–Crippen MR) is 136 cm³/mol. The zero-order valence-corrected chi connectivity index (χ0v) is 21.8. The first-order chi connectivity index (χ1) is 16.7. The van der Waals surface area contributed by atoms with Crippen molar-refractivity contribution in [2.24, 2.45) is 11.8 Å². The van der Waals surface area contributed by atoms with E-state index in [-0.39, 0.29) is 33.6 Å². The summed E-state index contributed by atoms with van der Waals surface area (Å²) in [5.41, 5.74) is 1.48. The average Bonchev–Trinajstić information content (AvgIpc) is 3.15. The molecule has 0 bridgehead atoms. The van der Waals surface area contributed by atoms with Crippen LogP contribution in [0.15, 0.2) is 46.2 Å². The Bertz CT molecular complexity index is 1300. The first-order valence-corrected chi connectivity index (χ1v) is 13.9. The highest BCUT2D eigenvalue weighted by molar-refractivity contribution is 7.91. The number of benzene rings is 1. The molecule has 2 aromatic heterocycles. The lowest BCUT2D eigenvalue weighted by Gasteiger charge is -2.32. The first-order valence-electron chi connectivity index (χ1n) is 12.4. The van der Waals surface area contributed by atoms with Crippen molar-refractivity contribution in [3.05, 3.63) is 47.8 Å². The molecule has 0 saturated heterocycles. The standard InChI is InChI=1S/C26H35N5O3S/c1-5-27-25-24(35(33,34)22-12-7-6-8-13-22)26-28-19(3)16-21(31(26)29-25)17-23(32)30(4)15-14-18(2)20-10-9-11-20/h6-8,12-13,16,18,20H,5,9-11,14-15,17H2,1-4H3,(H,27,29). The number of hydrogen-bond acceptors (Lipinski definition) is 6. The molecule has 1 amide bonds. The van der Waals surface area contributed by atoms with Gasteiger partial charge in [-0.3, -0.25) is 4.79 Å². The fourth-order valence-corrected chi connectivity index (χ4v) is 6.12. The van der Waals surface area contributed by atoms with E-state index in [1.54, 1.807) is 48.2 Å². The molecule has 3 aromatic rings. The number of fused-ring (bicyclic) bond motifs is 1. The molecule has 1 fully saturated rings. The monoisotopic (exact) mass is 497 g/mol. The van der Waals surface area contributed by atoms with Gasteiger partial charge in [-0.15, -0.1) is 5.10 Å². The van der Waals surface area contributed by atoms with Crippen LogP contribution in [0.1, 0.15) is 50.9 Å². The van der Waals surface area contributed by atoms with E-state index in [1.165, 1.54) is 23.8 Å². The van der Waals surface area contributed by atoms with Gasteiger partial charge in [0.2, 0.25) is 15.7 Å². The van der Waals surface area contributed by atoms with E-state index < -0.39 is 9.84 Å². The third kappa shape index (κ3) is 5.19. The number of aryl methyl sites for hydroxylation is 1. The van der Waals surface area contributed by atoms with Gasteiger partial charge in [0, 0.05) is 25.8 Å². The summed E-state index contributed by atoms with van der Waals surface area (Å²) in [5, 5.41) is 7.63. The highest BCUT2D eigenvalue weighted by atomic mass is 32.2. The zero-order valence-electron chi connectivity index (χ0n) is 21.0. The number of nitrogens with one attached hydrogen (secondary N) is 1. The Balaban J connectivity index is 1.65. The first kappa shape index (κ1) is 25.2. The van der Waals surface area contributed by atoms with Crippen LogP contribution in [-0.4, -0.2) is 54.0 Å². The predicted octanol–water partition coefficient (Wildman–Crippen LogP) is 4.13. The number of nitrogens with zero attached hydrogens (tertiary/aromatic N) is 4. The molecule has 188 valence electrons. The van der Waals surface area contributed by atoms with E-state index in [4.69, 9.17) is 0 Å². The van der Waals surface area contributed by atoms with Gasteiger partial charge in [0.25, 0.3) is 0 Å². The second kappa shape index (κ2) is 10.4. The summed E-state index contributed by atoms with van der Waals surface area (Å²) < 4.78 is 28.7. The Kier molecular flexibility index (Phi) is 7.44. The van der Waals surface area contributed by atoms with Gasteiger partial charge in [0.05, 0.1) is 17.0 Å². The van der Waals surface area contributed by atoms with Crippen LogP contribution < -0.4 is 5.32 Å². The Hall–Kier alpha value is -2.94. The van der Waals surface area contributed by atoms with Gasteiger partial charge in [-0.25, -0.2) is 17.9 Å². The van der Waals surface area contributed by atoms with Crippen molar-refractivity contribution in [2.75, 3.05) is 25.5 Å². The maximum Gasteiger partial charge on any atom is 0.228 e. The molecule has 4 rings (SSSR count). The molecule has 9 heteroatoms. The molecule has 1 unspecified atom stereocenters. The Morgan fingerprint density at radius 1 is 1.26 bits per heavy atom. The molecule has 1 N–H and O–H groups in total. The normalized spacial score (nSPS) is 15.1. The number of carbonyl (C=O) groups is 1. The van der Waals surface area contributed by atoms with Crippen LogP contribution in [0, 0.1) is 18.8 Å². The Labute approximate surface area is 207 Å². The second-order valence-electron chi connectivity index (χ2n) is 9.60. The molecule has 1 aliphatic rings. The second-order valence-corrected chi connectivity index (χ2v) is 11.5. The highest BCUT2D eigenvalue weighted by Gasteiger charge is 2.30. The lowest BCUT2D eigenvalue weighted by molar-refractivity contribution is -0.129. The van der Waals surface area contributed by atoms with Crippen LogP contribution in [0.3, 0.4) is 0 Å². The third-order valence-electron chi connectivity index (χ3n) is 7.05. The molecular formula is C26H35N5O3S. The molecule has 2 heterocycles. The van der Waals surface area contributed by atoms with Crippen molar-refractivity contribution in [1.82, 2.24) is 19.5 Å². The number of sulfone groups is 1. The van der Waals surface area contributed by atoms with E-state index in [0.29, 0.717) is 30.4 Å². The maximum absolute atomic E-state index is 13.6. The maximum atomic E-state index is 13.6. The molecular weight excluding hydrogens is 462 g/mol. The van der Waals surface area contributed by atoms with Crippen LogP contribution in [0.25, 0.3) is 5.65 Å². The van der Waals surface area contributed by atoms with Crippen molar-refractivity contribution >= 4 is 27.2 Å². The summed E-state index contributed by atoms with van der Waals surface area (Å²) in [5.74, 6) is 1.63. The molecule has 0 aliphatic heterocycles. The smallest absolute Gasteiger partial charge is 0.228 e. The summed E-state index contributed by atoms with van der Waals surface area (Å²) in [6, 6.07) is 10.1. The van der Waals surface area contributed by atoms with Crippen molar-refractivity contribution in [2.45, 2.75) is 62.7 Å². The van der Waals surface area contributed by atoms with Crippen molar-refractivity contribution in [3.8, 4) is 0 Å². The van der Waals surface area contributed by atoms with E-state index in [0.717, 1.165) is 12.3 Å². The third-order valence-corrected chi connectivity index (χ3v) is 8.85. The molecule has 1 atom stereocenters. The van der Waals surface area contributed by atoms with Gasteiger partial charge >= 0.3 is 0 Å². The molecule has 8 nitrogen and oxygen atoms in total. The molecule has 35 heavy (non-hydrogen) atoms. The van der Waals surface area contributed by atoms with Gasteiger partial charge in [-0.1, -0.05) is 44.4 Å². The molecule has 0 radical (unpaired) electrons. The van der Waals surface area contributed by atoms with Gasteiger partial charge in [-0.2, -0.15) is 0 Å². The van der Waals surface area contributed by atoms with Crippen LogP contribution in [0.4, 0.5) is 5.82 Å². The van der Waals surface area contributed by atoms with E-state index in [1.807, 2.05) is 14.0 Å². The minimum atomic E-state index is -3.88. The van der Waals surface area contributed by atoms with Gasteiger partial charge < -0.3 is 10.2 Å². The Morgan fingerprint density at radius 3 is 2.60 bits per heavy atom. The number of anilines is 1. The quantitative estimate of drug-likeness (QED) is 0.452. The van der Waals surface area contributed by atoms with E-state index in [9.17, 15) is 13.2 Å². The van der Waals surface area contributed by atoms with Crippen LogP contribution in [-0.2, 0) is 21.1 Å². The highest BCUT2D eigenvalue weighted by Crippen LogP contribution is 2.35. The van der Waals surface area contributed by atoms with Crippen LogP contribution in [0.5, 0.6) is 0 Å². The van der Waals surface area contributed by atoms with Crippen LogP contribution >= 0.6 is 0 Å². The molecule has 1 aromatic carbocycles. The van der Waals surface area contributed by atoms with Gasteiger partial charge in [0.15, 0.2) is 16.4 Å². The lowest BCUT2D eigenvalue weighted by atomic mass is 9.75. The average molecular weight is 498 g/mol. The minimum absolute atomic E-state index is 0.0225. The van der Waals surface area contributed by atoms with E-state index in [2.05, 4.69) is 22.3 Å². The number of rotatable bonds is 10. The molecule has 1 aliphatic carbocycles. The summed E-state index contributed by atoms with van der Waals surface area (Å²) in [4.78, 5) is 19.6. The molecule has 0 spiro atoms. The summed E-state index contributed by atoms with van der Waals surface area (Å²) >= 11 is 0. The summed E-state index contributed by atoms with van der Waals surface area (Å²) in [6.45, 7) is 7.16. The van der Waals surface area contributed by atoms with Crippen molar-refractivity contribution in [3.63, 3.8) is 0 Å². The summed E-state index contributed by atoms with van der Waals surface area (Å²) in [6.07, 6.45) is 5.03. The van der Waals surface area contributed by atoms with Crippen molar-refractivity contribution < 1.29 is 13.2 Å². The fourth-order valence-electron chi connectivity index (χ4n) is 4.63. The summed E-state index contributed by atoms with van der Waals surface area (Å²) in [7, 11) is -2.05. The van der Waals surface area contributed by atoms with Gasteiger partial charge in [-0.05, 0) is 50.3 Å². The van der Waals surface area contributed by atoms with Crippen molar-refractivity contribution in [1.29, 1.82) is 0 Å². The minimum Gasteiger partial charge on any atom is -0.368 e. The Morgan fingerprint density at radius 2 is 1.97 bits per heavy atom. The largest absolute Gasteiger partial charge is 0.368 e. The topological polar surface area (TPSA) is 96.7 Å². The zero-order chi connectivity index (χ0) is 25.2. The fraction of sp³-hybridized carbons (Fsp3) is 0.500. The number of likely N-dealkylation sites (N-methyl/N-ethyl adjacent to an activating group) is 1. The van der Waals surface area contributed by atoms with Gasteiger partial charge in [0.1, 0.15) is 0 Å². The number of amides is 1. The number of hydrogen-bond donors (Lipinski definition) is 1. The number of aromatic nitrogens is 3.